The highest BCUT2D eigenvalue weighted by Gasteiger charge is 2.61. The number of ether oxygens (including phenoxy) is 1. The lowest BCUT2D eigenvalue weighted by Crippen LogP contribution is -2.46. The van der Waals surface area contributed by atoms with Gasteiger partial charge >= 0.3 is 5.97 Å². The van der Waals surface area contributed by atoms with Gasteiger partial charge in [0.1, 0.15) is 6.10 Å². The fraction of sp³-hybridized carbons (Fsp3) is 0.875. The van der Waals surface area contributed by atoms with Crippen molar-refractivity contribution >= 4 is 21.9 Å². The van der Waals surface area contributed by atoms with E-state index in [9.17, 15) is 4.79 Å². The zero-order chi connectivity index (χ0) is 8.06. The third-order valence-electron chi connectivity index (χ3n) is 2.73. The summed E-state index contributed by atoms with van der Waals surface area (Å²) in [6.45, 7) is 1.47. The molecule has 0 N–H and O–H groups in total. The average molecular weight is 219 g/mol. The number of halogens is 1. The van der Waals surface area contributed by atoms with Crippen LogP contribution >= 0.6 is 15.9 Å². The van der Waals surface area contributed by atoms with Gasteiger partial charge in [-0.2, -0.15) is 0 Å². The van der Waals surface area contributed by atoms with Crippen LogP contribution in [-0.4, -0.2) is 16.9 Å². The van der Waals surface area contributed by atoms with Gasteiger partial charge in [0, 0.05) is 6.92 Å². The number of carbonyl (C=O) groups is 1. The predicted octanol–water partition coefficient (Wildman–Crippen LogP) is 1.87. The van der Waals surface area contributed by atoms with Gasteiger partial charge in [-0.1, -0.05) is 15.9 Å². The molecule has 2 saturated carbocycles. The van der Waals surface area contributed by atoms with Crippen molar-refractivity contribution in [1.82, 2.24) is 0 Å². The SMILES string of the molecule is CC(=O)OC1CC2(CC2)C1Br. The Hall–Kier alpha value is -0.0500. The van der Waals surface area contributed by atoms with E-state index < -0.39 is 0 Å². The van der Waals surface area contributed by atoms with Crippen molar-refractivity contribution in [3.63, 3.8) is 0 Å². The van der Waals surface area contributed by atoms with E-state index in [1.807, 2.05) is 0 Å². The minimum Gasteiger partial charge on any atom is -0.461 e. The zero-order valence-electron chi connectivity index (χ0n) is 6.47. The Balaban J connectivity index is 1.87. The molecule has 1 spiro atoms. The number of esters is 1. The lowest BCUT2D eigenvalue weighted by Gasteiger charge is -2.40. The average Bonchev–Trinajstić information content (AvgIpc) is 2.68. The Morgan fingerprint density at radius 1 is 1.64 bits per heavy atom. The molecule has 2 rings (SSSR count). The first-order valence-electron chi connectivity index (χ1n) is 3.95. The van der Waals surface area contributed by atoms with E-state index in [0.717, 1.165) is 6.42 Å². The fourth-order valence-corrected chi connectivity index (χ4v) is 2.75. The van der Waals surface area contributed by atoms with E-state index >= 15 is 0 Å². The predicted molar refractivity (Wildman–Crippen MR) is 44.6 cm³/mol. The highest BCUT2D eigenvalue weighted by molar-refractivity contribution is 9.09. The quantitative estimate of drug-likeness (QED) is 0.497. The smallest absolute Gasteiger partial charge is 0.302 e. The molecule has 0 aliphatic heterocycles. The molecule has 11 heavy (non-hydrogen) atoms. The molecule has 0 saturated heterocycles. The molecule has 0 heterocycles. The maximum Gasteiger partial charge on any atom is 0.302 e. The van der Waals surface area contributed by atoms with E-state index in [1.54, 1.807) is 0 Å². The van der Waals surface area contributed by atoms with Crippen LogP contribution in [0.25, 0.3) is 0 Å². The second kappa shape index (κ2) is 2.22. The lowest BCUT2D eigenvalue weighted by molar-refractivity contribution is -0.152. The molecule has 0 aromatic heterocycles. The molecule has 2 nitrogen and oxygen atoms in total. The minimum absolute atomic E-state index is 0.148. The summed E-state index contributed by atoms with van der Waals surface area (Å²) in [7, 11) is 0. The van der Waals surface area contributed by atoms with E-state index in [0.29, 0.717) is 10.2 Å². The highest BCUT2D eigenvalue weighted by atomic mass is 79.9. The first-order valence-corrected chi connectivity index (χ1v) is 4.87. The Bertz CT molecular complexity index is 198. The first-order chi connectivity index (χ1) is 5.14. The Morgan fingerprint density at radius 2 is 2.27 bits per heavy atom. The van der Waals surface area contributed by atoms with Gasteiger partial charge in [0.15, 0.2) is 0 Å². The largest absolute Gasteiger partial charge is 0.461 e. The zero-order valence-corrected chi connectivity index (χ0v) is 8.06. The fourth-order valence-electron chi connectivity index (χ4n) is 1.81. The summed E-state index contributed by atoms with van der Waals surface area (Å²) in [6.07, 6.45) is 3.83. The number of rotatable bonds is 1. The monoisotopic (exact) mass is 218 g/mol. The topological polar surface area (TPSA) is 26.3 Å². The van der Waals surface area contributed by atoms with Crippen LogP contribution in [0.3, 0.4) is 0 Å². The van der Waals surface area contributed by atoms with Crippen molar-refractivity contribution in [3.05, 3.63) is 0 Å². The summed E-state index contributed by atoms with van der Waals surface area (Å²) < 4.78 is 5.09. The molecule has 3 heteroatoms. The van der Waals surface area contributed by atoms with Gasteiger partial charge in [0.05, 0.1) is 4.83 Å². The van der Waals surface area contributed by atoms with E-state index in [4.69, 9.17) is 4.74 Å². The van der Waals surface area contributed by atoms with Crippen LogP contribution in [0.4, 0.5) is 0 Å². The molecule has 0 aromatic rings. The number of hydrogen-bond donors (Lipinski definition) is 0. The maximum atomic E-state index is 10.6. The van der Waals surface area contributed by atoms with E-state index in [1.165, 1.54) is 19.8 Å². The van der Waals surface area contributed by atoms with Crippen molar-refractivity contribution in [3.8, 4) is 0 Å². The lowest BCUT2D eigenvalue weighted by atomic mass is 9.79. The van der Waals surface area contributed by atoms with Crippen molar-refractivity contribution in [1.29, 1.82) is 0 Å². The molecule has 2 aliphatic rings. The van der Waals surface area contributed by atoms with Crippen LogP contribution in [0.2, 0.25) is 0 Å². The van der Waals surface area contributed by atoms with Crippen molar-refractivity contribution in [2.45, 2.75) is 37.1 Å². The third kappa shape index (κ3) is 1.10. The molecule has 62 valence electrons. The Labute approximate surface area is 74.4 Å². The van der Waals surface area contributed by atoms with E-state index in [2.05, 4.69) is 15.9 Å². The molecule has 2 aliphatic carbocycles. The van der Waals surface area contributed by atoms with Gasteiger partial charge < -0.3 is 4.74 Å². The van der Waals surface area contributed by atoms with Crippen molar-refractivity contribution in [2.24, 2.45) is 5.41 Å². The molecule has 0 radical (unpaired) electrons. The van der Waals surface area contributed by atoms with Crippen LogP contribution in [-0.2, 0) is 9.53 Å². The summed E-state index contributed by atoms with van der Waals surface area (Å²) >= 11 is 3.56. The van der Waals surface area contributed by atoms with Gasteiger partial charge in [-0.3, -0.25) is 4.79 Å². The van der Waals surface area contributed by atoms with Crippen molar-refractivity contribution in [2.75, 3.05) is 0 Å². The van der Waals surface area contributed by atoms with Gasteiger partial charge in [0.2, 0.25) is 0 Å². The molecular weight excluding hydrogens is 208 g/mol. The molecule has 0 amide bonds. The summed E-state index contributed by atoms with van der Waals surface area (Å²) in [5.74, 6) is -0.157. The first kappa shape index (κ1) is 7.59. The molecule has 2 unspecified atom stereocenters. The van der Waals surface area contributed by atoms with Crippen LogP contribution in [0.1, 0.15) is 26.2 Å². The third-order valence-corrected chi connectivity index (χ3v) is 4.29. The minimum atomic E-state index is -0.157. The second-order valence-electron chi connectivity index (χ2n) is 3.62. The summed E-state index contributed by atoms with van der Waals surface area (Å²) in [4.78, 5) is 11.0. The van der Waals surface area contributed by atoms with Gasteiger partial charge in [0.25, 0.3) is 0 Å². The van der Waals surface area contributed by atoms with Gasteiger partial charge in [-0.05, 0) is 24.7 Å². The number of hydrogen-bond acceptors (Lipinski definition) is 2. The standard InChI is InChI=1S/C8H11BrO2/c1-5(10)11-6-4-8(2-3-8)7(6)9/h6-7H,2-4H2,1H3. The van der Waals surface area contributed by atoms with Crippen molar-refractivity contribution < 1.29 is 9.53 Å². The molecule has 2 atom stereocenters. The number of carbonyl (C=O) groups excluding carboxylic acids is 1. The van der Waals surface area contributed by atoms with Crippen LogP contribution in [0, 0.1) is 5.41 Å². The summed E-state index contributed by atoms with van der Waals surface area (Å²) in [6, 6.07) is 0. The summed E-state index contributed by atoms with van der Waals surface area (Å²) in [5.41, 5.74) is 0.528. The van der Waals surface area contributed by atoms with Gasteiger partial charge in [-0.15, -0.1) is 0 Å². The molecule has 0 bridgehead atoms. The normalized spacial score (nSPS) is 38.0. The van der Waals surface area contributed by atoms with Crippen LogP contribution in [0.15, 0.2) is 0 Å². The molecule has 2 fully saturated rings. The van der Waals surface area contributed by atoms with Gasteiger partial charge in [-0.25, -0.2) is 0 Å². The highest BCUT2D eigenvalue weighted by Crippen LogP contribution is 2.64. The van der Waals surface area contributed by atoms with Crippen LogP contribution < -0.4 is 0 Å². The van der Waals surface area contributed by atoms with Crippen LogP contribution in [0.5, 0.6) is 0 Å². The second-order valence-corrected chi connectivity index (χ2v) is 4.60. The summed E-state index contributed by atoms with van der Waals surface area (Å²) in [5, 5.41) is 0. The Morgan fingerprint density at radius 3 is 2.64 bits per heavy atom. The number of alkyl halides is 1. The maximum absolute atomic E-state index is 10.6. The van der Waals surface area contributed by atoms with E-state index in [-0.39, 0.29) is 12.1 Å². The molecular formula is C8H11BrO2. The Kier molecular flexibility index (Phi) is 1.53. The molecule has 0 aromatic carbocycles.